The second-order valence-corrected chi connectivity index (χ2v) is 8.54. The molecule has 2 saturated heterocycles. The van der Waals surface area contributed by atoms with Gasteiger partial charge in [-0.3, -0.25) is 4.79 Å². The molecule has 9 heteroatoms. The number of rotatable bonds is 1. The predicted octanol–water partition coefficient (Wildman–Crippen LogP) is 1.59. The highest BCUT2D eigenvalue weighted by molar-refractivity contribution is 8.16. The molecule has 1 aromatic carbocycles. The van der Waals surface area contributed by atoms with Crippen LogP contribution in [0.2, 0.25) is 0 Å². The highest BCUT2D eigenvalue weighted by Crippen LogP contribution is 2.41. The van der Waals surface area contributed by atoms with Crippen molar-refractivity contribution in [3.63, 3.8) is 0 Å². The molecule has 118 valence electrons. The van der Waals surface area contributed by atoms with Crippen molar-refractivity contribution < 1.29 is 22.0 Å². The highest BCUT2D eigenvalue weighted by atomic mass is 32.2. The molecule has 5 nitrogen and oxygen atoms in total. The Morgan fingerprint density at radius 1 is 1.36 bits per heavy atom. The SMILES string of the molecule is CC(=O)N=C1S[C@@H]2CS(=O)(=O)C[C@H]2N1c1ccc(F)cc1F. The number of thioether (sulfide) groups is 1. The largest absolute Gasteiger partial charge is 0.313 e. The summed E-state index contributed by atoms with van der Waals surface area (Å²) in [4.78, 5) is 16.5. The second kappa shape index (κ2) is 5.31. The molecule has 1 amide bonds. The van der Waals surface area contributed by atoms with Gasteiger partial charge in [-0.2, -0.15) is 4.99 Å². The van der Waals surface area contributed by atoms with Crippen LogP contribution in [0.25, 0.3) is 0 Å². The van der Waals surface area contributed by atoms with Gasteiger partial charge < -0.3 is 4.90 Å². The number of sulfone groups is 1. The fourth-order valence-electron chi connectivity index (χ4n) is 2.66. The quantitative estimate of drug-likeness (QED) is 0.772. The topological polar surface area (TPSA) is 66.8 Å². The maximum Gasteiger partial charge on any atom is 0.244 e. The summed E-state index contributed by atoms with van der Waals surface area (Å²) >= 11 is 1.14. The number of nitrogens with zero attached hydrogens (tertiary/aromatic N) is 2. The third-order valence-corrected chi connectivity index (χ3v) is 6.70. The van der Waals surface area contributed by atoms with Gasteiger partial charge in [-0.1, -0.05) is 11.8 Å². The Balaban J connectivity index is 2.08. The van der Waals surface area contributed by atoms with Gasteiger partial charge in [0.25, 0.3) is 0 Å². The summed E-state index contributed by atoms with van der Waals surface area (Å²) in [7, 11) is -3.22. The Kier molecular flexibility index (Phi) is 3.72. The molecule has 0 aromatic heterocycles. The lowest BCUT2D eigenvalue weighted by Gasteiger charge is -2.24. The lowest BCUT2D eigenvalue weighted by molar-refractivity contribution is -0.115. The van der Waals surface area contributed by atoms with Gasteiger partial charge in [0.2, 0.25) is 5.91 Å². The van der Waals surface area contributed by atoms with Crippen molar-refractivity contribution in [2.75, 3.05) is 16.4 Å². The average Bonchev–Trinajstić information content (AvgIpc) is 2.81. The van der Waals surface area contributed by atoms with Crippen molar-refractivity contribution in [2.24, 2.45) is 4.99 Å². The van der Waals surface area contributed by atoms with E-state index in [1.54, 1.807) is 0 Å². The number of amides is 1. The van der Waals surface area contributed by atoms with E-state index < -0.39 is 33.4 Å². The van der Waals surface area contributed by atoms with Crippen molar-refractivity contribution in [3.8, 4) is 0 Å². The van der Waals surface area contributed by atoms with Crippen LogP contribution in [0.5, 0.6) is 0 Å². The number of benzene rings is 1. The minimum atomic E-state index is -3.22. The summed E-state index contributed by atoms with van der Waals surface area (Å²) in [6.45, 7) is 1.26. The molecule has 0 bridgehead atoms. The number of hydrogen-bond acceptors (Lipinski definition) is 4. The molecule has 0 saturated carbocycles. The van der Waals surface area contributed by atoms with Gasteiger partial charge >= 0.3 is 0 Å². The fourth-order valence-corrected chi connectivity index (χ4v) is 6.61. The first kappa shape index (κ1) is 15.4. The second-order valence-electron chi connectivity index (χ2n) is 5.18. The van der Waals surface area contributed by atoms with Gasteiger partial charge in [-0.05, 0) is 12.1 Å². The normalized spacial score (nSPS) is 28.1. The van der Waals surface area contributed by atoms with E-state index in [9.17, 15) is 22.0 Å². The molecule has 0 radical (unpaired) electrons. The molecule has 0 aliphatic carbocycles. The van der Waals surface area contributed by atoms with Crippen molar-refractivity contribution in [1.29, 1.82) is 0 Å². The smallest absolute Gasteiger partial charge is 0.244 e. The molecule has 0 spiro atoms. The van der Waals surface area contributed by atoms with E-state index >= 15 is 0 Å². The van der Waals surface area contributed by atoms with Crippen LogP contribution >= 0.6 is 11.8 Å². The number of halogens is 2. The van der Waals surface area contributed by atoms with E-state index in [0.29, 0.717) is 0 Å². The molecule has 22 heavy (non-hydrogen) atoms. The molecule has 0 unspecified atom stereocenters. The van der Waals surface area contributed by atoms with Crippen LogP contribution in [-0.4, -0.2) is 42.3 Å². The number of amidine groups is 1. The van der Waals surface area contributed by atoms with Gasteiger partial charge in [0.05, 0.1) is 23.2 Å². The standard InChI is InChI=1S/C13H12F2N2O3S2/c1-7(18)16-13-17(10-3-2-8(14)4-9(10)15)11-5-22(19,20)6-12(11)21-13/h2-4,11-12H,5-6H2,1H3/t11-,12-/m1/s1. The van der Waals surface area contributed by atoms with Crippen LogP contribution in [0.15, 0.2) is 23.2 Å². The first-order chi connectivity index (χ1) is 10.3. The molecule has 2 aliphatic rings. The predicted molar refractivity (Wildman–Crippen MR) is 80.8 cm³/mol. The van der Waals surface area contributed by atoms with Gasteiger partial charge in [-0.15, -0.1) is 0 Å². The Hall–Kier alpha value is -1.48. The summed E-state index contributed by atoms with van der Waals surface area (Å²) in [5.41, 5.74) is 0.0264. The van der Waals surface area contributed by atoms with Crippen molar-refractivity contribution in [1.82, 2.24) is 0 Å². The van der Waals surface area contributed by atoms with Gasteiger partial charge in [0, 0.05) is 18.2 Å². The zero-order valence-electron chi connectivity index (χ0n) is 11.5. The number of anilines is 1. The Morgan fingerprint density at radius 2 is 2.09 bits per heavy atom. The molecule has 2 fully saturated rings. The molecule has 3 rings (SSSR count). The van der Waals surface area contributed by atoms with E-state index in [1.165, 1.54) is 17.9 Å². The minimum Gasteiger partial charge on any atom is -0.313 e. The van der Waals surface area contributed by atoms with Crippen molar-refractivity contribution in [2.45, 2.75) is 18.2 Å². The van der Waals surface area contributed by atoms with Crippen molar-refractivity contribution in [3.05, 3.63) is 29.8 Å². The monoisotopic (exact) mass is 346 g/mol. The van der Waals surface area contributed by atoms with Crippen LogP contribution in [0.1, 0.15) is 6.92 Å². The number of carbonyl (C=O) groups is 1. The van der Waals surface area contributed by atoms with E-state index in [1.807, 2.05) is 0 Å². The van der Waals surface area contributed by atoms with Crippen molar-refractivity contribution >= 4 is 38.4 Å². The van der Waals surface area contributed by atoms with Crippen LogP contribution in [0, 0.1) is 11.6 Å². The summed E-state index contributed by atoms with van der Waals surface area (Å²) in [6, 6.07) is 2.54. The first-order valence-electron chi connectivity index (χ1n) is 6.47. The minimum absolute atomic E-state index is 0.0264. The maximum absolute atomic E-state index is 14.1. The van der Waals surface area contributed by atoms with E-state index in [2.05, 4.69) is 4.99 Å². The molecular weight excluding hydrogens is 334 g/mol. The fraction of sp³-hybridized carbons (Fsp3) is 0.385. The molecule has 2 atom stereocenters. The molecule has 1 aromatic rings. The number of fused-ring (bicyclic) bond motifs is 1. The number of hydrogen-bond donors (Lipinski definition) is 0. The van der Waals surface area contributed by atoms with Crippen LogP contribution in [-0.2, 0) is 14.6 Å². The van der Waals surface area contributed by atoms with Crippen LogP contribution in [0.4, 0.5) is 14.5 Å². The molecule has 2 aliphatic heterocycles. The van der Waals surface area contributed by atoms with E-state index in [0.717, 1.165) is 23.9 Å². The van der Waals surface area contributed by atoms with E-state index in [-0.39, 0.29) is 27.6 Å². The van der Waals surface area contributed by atoms with Gasteiger partial charge in [-0.25, -0.2) is 17.2 Å². The summed E-state index contributed by atoms with van der Waals surface area (Å²) in [5.74, 6) is -2.19. The van der Waals surface area contributed by atoms with Gasteiger partial charge in [0.15, 0.2) is 15.0 Å². The molecular formula is C13H12F2N2O3S2. The number of carbonyl (C=O) groups excluding carboxylic acids is 1. The lowest BCUT2D eigenvalue weighted by atomic mass is 10.2. The first-order valence-corrected chi connectivity index (χ1v) is 9.17. The van der Waals surface area contributed by atoms with Crippen LogP contribution < -0.4 is 4.90 Å². The number of aliphatic imine (C=N–C) groups is 1. The van der Waals surface area contributed by atoms with Gasteiger partial charge in [0.1, 0.15) is 11.6 Å². The Bertz CT molecular complexity index is 779. The summed E-state index contributed by atoms with van der Waals surface area (Å²) in [6.07, 6.45) is 0. The van der Waals surface area contributed by atoms with E-state index in [4.69, 9.17) is 0 Å². The van der Waals surface area contributed by atoms with Crippen LogP contribution in [0.3, 0.4) is 0 Å². The highest BCUT2D eigenvalue weighted by Gasteiger charge is 2.49. The zero-order valence-corrected chi connectivity index (χ0v) is 13.1. The average molecular weight is 346 g/mol. The third-order valence-electron chi connectivity index (χ3n) is 3.49. The maximum atomic E-state index is 14.1. The molecule has 0 N–H and O–H groups in total. The summed E-state index contributed by atoms with van der Waals surface area (Å²) in [5, 5.41) is -0.0598. The Labute approximate surface area is 130 Å². The molecule has 2 heterocycles. The Morgan fingerprint density at radius 3 is 2.73 bits per heavy atom. The lowest BCUT2D eigenvalue weighted by Crippen LogP contribution is -2.38. The third kappa shape index (κ3) is 2.74. The zero-order chi connectivity index (χ0) is 16.1. The summed E-state index contributed by atoms with van der Waals surface area (Å²) < 4.78 is 50.7.